The predicted molar refractivity (Wildman–Crippen MR) is 84.6 cm³/mol. The molecule has 2 unspecified atom stereocenters. The first-order chi connectivity index (χ1) is 9.63. The van der Waals surface area contributed by atoms with Gasteiger partial charge < -0.3 is 4.98 Å². The van der Waals surface area contributed by atoms with Gasteiger partial charge in [0.05, 0.1) is 5.69 Å². The summed E-state index contributed by atoms with van der Waals surface area (Å²) >= 11 is 5.61. The van der Waals surface area contributed by atoms with Gasteiger partial charge in [0, 0.05) is 13.1 Å². The maximum Gasteiger partial charge on any atom is 0.179 e. The lowest BCUT2D eigenvalue weighted by molar-refractivity contribution is 0.258. The third-order valence-corrected chi connectivity index (χ3v) is 4.95. The van der Waals surface area contributed by atoms with E-state index in [1.165, 1.54) is 31.3 Å². The number of nitrogens with one attached hydrogen (secondary N) is 1. The fourth-order valence-electron chi connectivity index (χ4n) is 3.64. The van der Waals surface area contributed by atoms with Crippen LogP contribution in [0.2, 0.25) is 0 Å². The molecular formula is C15H24N4S. The van der Waals surface area contributed by atoms with E-state index in [4.69, 9.17) is 12.2 Å². The molecule has 0 amide bonds. The number of nitrogens with zero attached hydrogens (tertiary/aromatic N) is 3. The molecule has 1 aliphatic carbocycles. The van der Waals surface area contributed by atoms with Gasteiger partial charge in [-0.1, -0.05) is 33.1 Å². The minimum atomic E-state index is 0.523. The number of H-pyrrole nitrogens is 1. The fraction of sp³-hybridized carbons (Fsp3) is 0.733. The molecule has 3 rings (SSSR count). The molecule has 0 aliphatic heterocycles. The number of rotatable bonds is 3. The molecular weight excluding hydrogens is 268 g/mol. The van der Waals surface area contributed by atoms with E-state index in [1.54, 1.807) is 0 Å². The van der Waals surface area contributed by atoms with Crippen LogP contribution in [0.25, 0.3) is 11.2 Å². The number of aromatic amines is 1. The summed E-state index contributed by atoms with van der Waals surface area (Å²) in [4.78, 5) is 3.41. The highest BCUT2D eigenvalue weighted by molar-refractivity contribution is 7.71. The van der Waals surface area contributed by atoms with Crippen molar-refractivity contribution < 1.29 is 0 Å². The number of hydrogen-bond acceptors (Lipinski definition) is 2. The van der Waals surface area contributed by atoms with Crippen LogP contribution in [-0.2, 0) is 13.5 Å². The summed E-state index contributed by atoms with van der Waals surface area (Å²) in [6, 6.07) is 0.523. The van der Waals surface area contributed by atoms with Gasteiger partial charge in [-0.3, -0.25) is 9.25 Å². The van der Waals surface area contributed by atoms with Crippen molar-refractivity contribution in [1.29, 1.82) is 0 Å². The summed E-state index contributed by atoms with van der Waals surface area (Å²) in [5.74, 6) is 0.693. The van der Waals surface area contributed by atoms with Crippen molar-refractivity contribution in [2.75, 3.05) is 0 Å². The smallest absolute Gasteiger partial charge is 0.179 e. The SMILES string of the molecule is CCCc1nn(C)c2c1[nH]c(=S)n2C1CCCCC1C. The first-order valence-corrected chi connectivity index (χ1v) is 8.20. The van der Waals surface area contributed by atoms with Crippen LogP contribution in [0.1, 0.15) is 57.7 Å². The molecule has 20 heavy (non-hydrogen) atoms. The Morgan fingerprint density at radius 2 is 2.10 bits per heavy atom. The summed E-state index contributed by atoms with van der Waals surface area (Å²) in [7, 11) is 2.04. The number of imidazole rings is 1. The average Bonchev–Trinajstić information content (AvgIpc) is 2.89. The van der Waals surface area contributed by atoms with Crippen molar-refractivity contribution in [2.24, 2.45) is 13.0 Å². The van der Waals surface area contributed by atoms with E-state index in [2.05, 4.69) is 28.5 Å². The molecule has 2 atom stereocenters. The molecule has 1 N–H and O–H groups in total. The summed E-state index contributed by atoms with van der Waals surface area (Å²) in [6.45, 7) is 4.54. The lowest BCUT2D eigenvalue weighted by Gasteiger charge is -2.30. The van der Waals surface area contributed by atoms with E-state index in [9.17, 15) is 0 Å². The molecule has 1 saturated carbocycles. The first kappa shape index (κ1) is 13.9. The number of hydrogen-bond donors (Lipinski definition) is 1. The molecule has 0 spiro atoms. The number of aryl methyl sites for hydroxylation is 2. The normalized spacial score (nSPS) is 23.6. The van der Waals surface area contributed by atoms with Crippen LogP contribution in [-0.4, -0.2) is 19.3 Å². The highest BCUT2D eigenvalue weighted by Gasteiger charge is 2.27. The van der Waals surface area contributed by atoms with Gasteiger partial charge in [0.1, 0.15) is 5.52 Å². The second-order valence-corrected chi connectivity index (χ2v) is 6.53. The molecule has 2 aromatic rings. The van der Waals surface area contributed by atoms with Gasteiger partial charge >= 0.3 is 0 Å². The van der Waals surface area contributed by atoms with E-state index < -0.39 is 0 Å². The van der Waals surface area contributed by atoms with Crippen LogP contribution in [0.4, 0.5) is 0 Å². The molecule has 0 aromatic carbocycles. The molecule has 0 bridgehead atoms. The van der Waals surface area contributed by atoms with Crippen molar-refractivity contribution in [2.45, 2.75) is 58.4 Å². The van der Waals surface area contributed by atoms with Crippen LogP contribution >= 0.6 is 12.2 Å². The standard InChI is InChI=1S/C15H24N4S/c1-4-7-11-13-14(18(3)17-11)19(15(20)16-13)12-9-6-5-8-10(12)2/h10,12H,4-9H2,1-3H3,(H,16,20). The van der Waals surface area contributed by atoms with E-state index >= 15 is 0 Å². The maximum absolute atomic E-state index is 5.61. The Labute approximate surface area is 125 Å². The summed E-state index contributed by atoms with van der Waals surface area (Å²) < 4.78 is 5.21. The van der Waals surface area contributed by atoms with Crippen molar-refractivity contribution >= 4 is 23.4 Å². The van der Waals surface area contributed by atoms with Crippen LogP contribution in [0.5, 0.6) is 0 Å². The van der Waals surface area contributed by atoms with Crippen LogP contribution in [0, 0.1) is 10.7 Å². The Morgan fingerprint density at radius 3 is 2.80 bits per heavy atom. The monoisotopic (exact) mass is 292 g/mol. The molecule has 110 valence electrons. The van der Waals surface area contributed by atoms with E-state index in [1.807, 2.05) is 11.7 Å². The number of fused-ring (bicyclic) bond motifs is 1. The van der Waals surface area contributed by atoms with Gasteiger partial charge in [0.15, 0.2) is 10.4 Å². The minimum absolute atomic E-state index is 0.523. The third kappa shape index (κ3) is 2.12. The highest BCUT2D eigenvalue weighted by atomic mass is 32.1. The van der Waals surface area contributed by atoms with Gasteiger partial charge in [-0.05, 0) is 37.4 Å². The average molecular weight is 292 g/mol. The topological polar surface area (TPSA) is 38.5 Å². The van der Waals surface area contributed by atoms with Crippen LogP contribution in [0.15, 0.2) is 0 Å². The fourth-order valence-corrected chi connectivity index (χ4v) is 3.96. The largest absolute Gasteiger partial charge is 0.328 e. The second kappa shape index (κ2) is 5.35. The molecule has 0 saturated heterocycles. The Kier molecular flexibility index (Phi) is 3.71. The van der Waals surface area contributed by atoms with Gasteiger partial charge in [-0.15, -0.1) is 0 Å². The molecule has 4 nitrogen and oxygen atoms in total. The van der Waals surface area contributed by atoms with Crippen molar-refractivity contribution in [1.82, 2.24) is 19.3 Å². The lowest BCUT2D eigenvalue weighted by atomic mass is 9.86. The minimum Gasteiger partial charge on any atom is -0.328 e. The molecule has 0 radical (unpaired) electrons. The Bertz CT molecular complexity index is 663. The zero-order valence-electron chi connectivity index (χ0n) is 12.6. The van der Waals surface area contributed by atoms with Crippen LogP contribution < -0.4 is 0 Å². The number of aromatic nitrogens is 4. The Morgan fingerprint density at radius 1 is 1.35 bits per heavy atom. The molecule has 5 heteroatoms. The van der Waals surface area contributed by atoms with Gasteiger partial charge in [-0.25, -0.2) is 0 Å². The van der Waals surface area contributed by atoms with Gasteiger partial charge in [0.25, 0.3) is 0 Å². The first-order valence-electron chi connectivity index (χ1n) is 7.79. The predicted octanol–water partition coefficient (Wildman–Crippen LogP) is 4.14. The van der Waals surface area contributed by atoms with E-state index in [0.717, 1.165) is 28.8 Å². The molecule has 2 heterocycles. The van der Waals surface area contributed by atoms with E-state index in [-0.39, 0.29) is 0 Å². The Hall–Kier alpha value is -1.10. The Balaban J connectivity index is 2.15. The van der Waals surface area contributed by atoms with E-state index in [0.29, 0.717) is 12.0 Å². The van der Waals surface area contributed by atoms with Gasteiger partial charge in [-0.2, -0.15) is 5.10 Å². The van der Waals surface area contributed by atoms with Crippen molar-refractivity contribution in [3.63, 3.8) is 0 Å². The molecule has 2 aromatic heterocycles. The van der Waals surface area contributed by atoms with Crippen LogP contribution in [0.3, 0.4) is 0 Å². The summed E-state index contributed by atoms with van der Waals surface area (Å²) in [5.41, 5.74) is 3.48. The lowest BCUT2D eigenvalue weighted by Crippen LogP contribution is -2.22. The van der Waals surface area contributed by atoms with Crippen molar-refractivity contribution in [3.05, 3.63) is 10.5 Å². The summed E-state index contributed by atoms with van der Waals surface area (Å²) in [6.07, 6.45) is 7.31. The third-order valence-electron chi connectivity index (χ3n) is 4.65. The molecule has 1 aliphatic rings. The zero-order valence-corrected chi connectivity index (χ0v) is 13.5. The van der Waals surface area contributed by atoms with Gasteiger partial charge in [0.2, 0.25) is 0 Å². The zero-order chi connectivity index (χ0) is 14.3. The summed E-state index contributed by atoms with van der Waals surface area (Å²) in [5, 5.41) is 4.68. The quantitative estimate of drug-likeness (QED) is 0.864. The maximum atomic E-state index is 5.61. The second-order valence-electron chi connectivity index (χ2n) is 6.15. The molecule has 1 fully saturated rings. The highest BCUT2D eigenvalue weighted by Crippen LogP contribution is 2.36. The van der Waals surface area contributed by atoms with Crippen molar-refractivity contribution in [3.8, 4) is 0 Å².